The SMILES string of the molecule is COC(=O)c1ccc(NC(=O)[C@H](Cc2ccccc2)NS(=O)(=O)c2ccc(C)cc2)cc1. The van der Waals surface area contributed by atoms with Crippen molar-refractivity contribution < 1.29 is 22.7 Å². The van der Waals surface area contributed by atoms with Crippen LogP contribution >= 0.6 is 0 Å². The van der Waals surface area contributed by atoms with E-state index >= 15 is 0 Å². The number of methoxy groups -OCH3 is 1. The molecule has 3 aromatic carbocycles. The molecule has 0 heterocycles. The predicted octanol–water partition coefficient (Wildman–Crippen LogP) is 3.31. The van der Waals surface area contributed by atoms with Gasteiger partial charge in [-0.15, -0.1) is 0 Å². The van der Waals surface area contributed by atoms with Gasteiger partial charge in [0.15, 0.2) is 0 Å². The average Bonchev–Trinajstić information content (AvgIpc) is 2.79. The quantitative estimate of drug-likeness (QED) is 0.511. The molecule has 166 valence electrons. The molecule has 0 aliphatic heterocycles. The van der Waals surface area contributed by atoms with Crippen LogP contribution in [0.15, 0.2) is 83.8 Å². The van der Waals surface area contributed by atoms with E-state index in [0.29, 0.717) is 11.3 Å². The van der Waals surface area contributed by atoms with Gasteiger partial charge in [0.1, 0.15) is 6.04 Å². The largest absolute Gasteiger partial charge is 0.465 e. The number of hydrogen-bond donors (Lipinski definition) is 2. The van der Waals surface area contributed by atoms with E-state index in [-0.39, 0.29) is 11.3 Å². The Hall–Kier alpha value is -3.49. The highest BCUT2D eigenvalue weighted by Gasteiger charge is 2.26. The fraction of sp³-hybridized carbons (Fsp3) is 0.167. The topological polar surface area (TPSA) is 102 Å². The summed E-state index contributed by atoms with van der Waals surface area (Å²) in [6.07, 6.45) is 0.165. The van der Waals surface area contributed by atoms with Gasteiger partial charge in [-0.1, -0.05) is 48.0 Å². The van der Waals surface area contributed by atoms with E-state index in [9.17, 15) is 18.0 Å². The van der Waals surface area contributed by atoms with Crippen LogP contribution in [0.1, 0.15) is 21.5 Å². The first kappa shape index (κ1) is 23.2. The number of hydrogen-bond acceptors (Lipinski definition) is 5. The Bertz CT molecular complexity index is 1180. The van der Waals surface area contributed by atoms with Crippen molar-refractivity contribution in [2.75, 3.05) is 12.4 Å². The number of amides is 1. The molecular weight excluding hydrogens is 428 g/mol. The van der Waals surface area contributed by atoms with Crippen molar-refractivity contribution in [2.45, 2.75) is 24.3 Å². The number of benzene rings is 3. The minimum atomic E-state index is -3.93. The number of sulfonamides is 1. The summed E-state index contributed by atoms with van der Waals surface area (Å²) >= 11 is 0. The van der Waals surface area contributed by atoms with Crippen LogP contribution in [0, 0.1) is 6.92 Å². The molecular formula is C24H24N2O5S. The van der Waals surface area contributed by atoms with Crippen molar-refractivity contribution in [3.63, 3.8) is 0 Å². The first-order valence-corrected chi connectivity index (χ1v) is 11.4. The summed E-state index contributed by atoms with van der Waals surface area (Å²) in [5.41, 5.74) is 2.50. The molecule has 0 saturated carbocycles. The maximum atomic E-state index is 13.0. The van der Waals surface area contributed by atoms with Crippen LogP contribution < -0.4 is 10.0 Å². The zero-order chi connectivity index (χ0) is 23.1. The molecule has 0 aliphatic rings. The number of rotatable bonds is 8. The molecule has 3 aromatic rings. The standard InChI is InChI=1S/C24H24N2O5S/c1-17-8-14-21(15-9-17)32(29,30)26-22(16-18-6-4-3-5-7-18)23(27)25-20-12-10-19(11-13-20)24(28)31-2/h3-15,22,26H,16H2,1-2H3,(H,25,27)/t22-/m0/s1. The summed E-state index contributed by atoms with van der Waals surface area (Å²) in [4.78, 5) is 24.7. The van der Waals surface area contributed by atoms with Crippen molar-refractivity contribution in [3.8, 4) is 0 Å². The van der Waals surface area contributed by atoms with Gasteiger partial charge in [-0.2, -0.15) is 4.72 Å². The number of anilines is 1. The van der Waals surface area contributed by atoms with Gasteiger partial charge < -0.3 is 10.1 Å². The van der Waals surface area contributed by atoms with Crippen LogP contribution in [0.4, 0.5) is 5.69 Å². The van der Waals surface area contributed by atoms with Crippen LogP contribution in [-0.2, 0) is 26.0 Å². The molecule has 0 radical (unpaired) electrons. The number of aryl methyl sites for hydroxylation is 1. The Morgan fingerprint density at radius 1 is 0.906 bits per heavy atom. The first-order valence-electron chi connectivity index (χ1n) is 9.90. The van der Waals surface area contributed by atoms with Crippen molar-refractivity contribution in [1.29, 1.82) is 0 Å². The molecule has 0 unspecified atom stereocenters. The van der Waals surface area contributed by atoms with Gasteiger partial charge in [0.2, 0.25) is 15.9 Å². The summed E-state index contributed by atoms with van der Waals surface area (Å²) < 4.78 is 33.0. The van der Waals surface area contributed by atoms with E-state index in [1.165, 1.54) is 31.4 Å². The summed E-state index contributed by atoms with van der Waals surface area (Å²) in [7, 11) is -2.64. The molecule has 0 aliphatic carbocycles. The maximum absolute atomic E-state index is 13.0. The number of carbonyl (C=O) groups excluding carboxylic acids is 2. The molecule has 0 bridgehead atoms. The molecule has 0 spiro atoms. The molecule has 1 atom stereocenters. The Kier molecular flexibility index (Phi) is 7.40. The lowest BCUT2D eigenvalue weighted by molar-refractivity contribution is -0.117. The van der Waals surface area contributed by atoms with Crippen LogP contribution in [-0.4, -0.2) is 33.4 Å². The average molecular weight is 453 g/mol. The van der Waals surface area contributed by atoms with Crippen LogP contribution in [0.3, 0.4) is 0 Å². The zero-order valence-electron chi connectivity index (χ0n) is 17.7. The van der Waals surface area contributed by atoms with Gasteiger partial charge in [-0.3, -0.25) is 4.79 Å². The molecule has 7 nitrogen and oxygen atoms in total. The summed E-state index contributed by atoms with van der Waals surface area (Å²) in [5, 5.41) is 2.71. The zero-order valence-corrected chi connectivity index (χ0v) is 18.6. The minimum Gasteiger partial charge on any atom is -0.465 e. The molecule has 0 fully saturated rings. The predicted molar refractivity (Wildman–Crippen MR) is 122 cm³/mol. The minimum absolute atomic E-state index is 0.0800. The molecule has 1 amide bonds. The normalized spacial score (nSPS) is 12.1. The monoisotopic (exact) mass is 452 g/mol. The number of esters is 1. The number of ether oxygens (including phenoxy) is 1. The van der Waals surface area contributed by atoms with Crippen molar-refractivity contribution in [3.05, 3.63) is 95.6 Å². The Morgan fingerprint density at radius 2 is 1.53 bits per heavy atom. The molecule has 0 saturated heterocycles. The number of carbonyl (C=O) groups is 2. The van der Waals surface area contributed by atoms with Crippen LogP contribution in [0.5, 0.6) is 0 Å². The van der Waals surface area contributed by atoms with Gasteiger partial charge in [-0.25, -0.2) is 13.2 Å². The Balaban J connectivity index is 1.82. The summed E-state index contributed by atoms with van der Waals surface area (Å²) in [6.45, 7) is 1.86. The fourth-order valence-corrected chi connectivity index (χ4v) is 4.24. The third-order valence-corrected chi connectivity index (χ3v) is 6.29. The van der Waals surface area contributed by atoms with E-state index in [0.717, 1.165) is 11.1 Å². The smallest absolute Gasteiger partial charge is 0.337 e. The lowest BCUT2D eigenvalue weighted by Crippen LogP contribution is -2.45. The highest BCUT2D eigenvalue weighted by molar-refractivity contribution is 7.89. The van der Waals surface area contributed by atoms with Gasteiger partial charge in [0.25, 0.3) is 0 Å². The molecule has 8 heteroatoms. The second-order valence-corrected chi connectivity index (χ2v) is 8.95. The summed E-state index contributed by atoms with van der Waals surface area (Å²) in [6, 6.07) is 20.6. The second kappa shape index (κ2) is 10.2. The van der Waals surface area contributed by atoms with Gasteiger partial charge >= 0.3 is 5.97 Å². The van der Waals surface area contributed by atoms with E-state index in [1.807, 2.05) is 37.3 Å². The Morgan fingerprint density at radius 3 is 2.12 bits per heavy atom. The highest BCUT2D eigenvalue weighted by atomic mass is 32.2. The van der Waals surface area contributed by atoms with E-state index < -0.39 is 27.9 Å². The van der Waals surface area contributed by atoms with Crippen LogP contribution in [0.25, 0.3) is 0 Å². The van der Waals surface area contributed by atoms with Gasteiger partial charge in [0, 0.05) is 5.69 Å². The molecule has 2 N–H and O–H groups in total. The third-order valence-electron chi connectivity index (χ3n) is 4.80. The lowest BCUT2D eigenvalue weighted by atomic mass is 10.1. The Labute approximate surface area is 187 Å². The van der Waals surface area contributed by atoms with Crippen LogP contribution in [0.2, 0.25) is 0 Å². The maximum Gasteiger partial charge on any atom is 0.337 e. The lowest BCUT2D eigenvalue weighted by Gasteiger charge is -2.19. The van der Waals surface area contributed by atoms with E-state index in [2.05, 4.69) is 14.8 Å². The van der Waals surface area contributed by atoms with Crippen molar-refractivity contribution >= 4 is 27.6 Å². The van der Waals surface area contributed by atoms with Crippen molar-refractivity contribution in [2.24, 2.45) is 0 Å². The third kappa shape index (κ3) is 6.03. The summed E-state index contributed by atoms with van der Waals surface area (Å²) in [5.74, 6) is -1.01. The molecule has 3 rings (SSSR count). The molecule has 0 aromatic heterocycles. The molecule has 32 heavy (non-hydrogen) atoms. The van der Waals surface area contributed by atoms with Crippen molar-refractivity contribution in [1.82, 2.24) is 4.72 Å². The number of nitrogens with one attached hydrogen (secondary N) is 2. The van der Waals surface area contributed by atoms with E-state index in [4.69, 9.17) is 0 Å². The van der Waals surface area contributed by atoms with Gasteiger partial charge in [0.05, 0.1) is 17.6 Å². The second-order valence-electron chi connectivity index (χ2n) is 7.23. The fourth-order valence-electron chi connectivity index (χ4n) is 3.05. The highest BCUT2D eigenvalue weighted by Crippen LogP contribution is 2.15. The van der Waals surface area contributed by atoms with Gasteiger partial charge in [-0.05, 0) is 55.3 Å². The first-order chi connectivity index (χ1) is 15.3. The van der Waals surface area contributed by atoms with E-state index in [1.54, 1.807) is 24.3 Å².